The van der Waals surface area contributed by atoms with E-state index < -0.39 is 0 Å². The van der Waals surface area contributed by atoms with Crippen molar-refractivity contribution in [1.29, 1.82) is 0 Å². The van der Waals surface area contributed by atoms with E-state index in [2.05, 4.69) is 27.8 Å². The molecule has 4 nitrogen and oxygen atoms in total. The fraction of sp³-hybridized carbons (Fsp3) is 0.526. The van der Waals surface area contributed by atoms with Gasteiger partial charge in [-0.05, 0) is 37.1 Å². The number of benzene rings is 1. The first-order chi connectivity index (χ1) is 11.6. The third-order valence-corrected chi connectivity index (χ3v) is 5.31. The molecule has 2 aliphatic heterocycles. The highest BCUT2D eigenvalue weighted by molar-refractivity contribution is 5.92. The van der Waals surface area contributed by atoms with E-state index in [-0.39, 0.29) is 5.82 Å². The minimum Gasteiger partial charge on any atom is -0.379 e. The smallest absolute Gasteiger partial charge is 0.124 e. The second-order valence-corrected chi connectivity index (χ2v) is 7.04. The Kier molecular flexibility index (Phi) is 4.14. The number of ether oxygens (including phenoxy) is 1. The Bertz CT molecular complexity index is 745. The van der Waals surface area contributed by atoms with Gasteiger partial charge in [0.05, 0.1) is 18.7 Å². The van der Waals surface area contributed by atoms with Crippen molar-refractivity contribution in [2.24, 2.45) is 5.92 Å². The SMILES string of the molecule is Cc1cc(N2CC(C)C(N3CCOCC3)C2)c2cc(F)ccc2n1. The van der Waals surface area contributed by atoms with E-state index in [9.17, 15) is 4.39 Å². The van der Waals surface area contributed by atoms with Crippen molar-refractivity contribution < 1.29 is 9.13 Å². The van der Waals surface area contributed by atoms with Gasteiger partial charge in [-0.15, -0.1) is 0 Å². The summed E-state index contributed by atoms with van der Waals surface area (Å²) in [5.74, 6) is 0.381. The van der Waals surface area contributed by atoms with Gasteiger partial charge in [-0.2, -0.15) is 0 Å². The molecule has 0 radical (unpaired) electrons. The van der Waals surface area contributed by atoms with E-state index in [0.29, 0.717) is 12.0 Å². The quantitative estimate of drug-likeness (QED) is 0.847. The summed E-state index contributed by atoms with van der Waals surface area (Å²) in [7, 11) is 0. The molecule has 0 amide bonds. The minimum absolute atomic E-state index is 0.202. The highest BCUT2D eigenvalue weighted by Crippen LogP contribution is 2.33. The van der Waals surface area contributed by atoms with Crippen molar-refractivity contribution >= 4 is 16.6 Å². The lowest BCUT2D eigenvalue weighted by Crippen LogP contribution is -2.46. The van der Waals surface area contributed by atoms with Crippen molar-refractivity contribution in [3.63, 3.8) is 0 Å². The summed E-state index contributed by atoms with van der Waals surface area (Å²) in [6, 6.07) is 7.51. The van der Waals surface area contributed by atoms with Gasteiger partial charge in [-0.25, -0.2) is 4.39 Å². The molecule has 4 rings (SSSR count). The van der Waals surface area contributed by atoms with Gasteiger partial charge in [-0.3, -0.25) is 9.88 Å². The van der Waals surface area contributed by atoms with Crippen LogP contribution in [0.1, 0.15) is 12.6 Å². The number of nitrogens with zero attached hydrogens (tertiary/aromatic N) is 3. The number of anilines is 1. The van der Waals surface area contributed by atoms with Crippen LogP contribution in [-0.4, -0.2) is 55.3 Å². The van der Waals surface area contributed by atoms with Crippen molar-refractivity contribution in [3.8, 4) is 0 Å². The maximum absolute atomic E-state index is 13.8. The highest BCUT2D eigenvalue weighted by Gasteiger charge is 2.35. The zero-order valence-electron chi connectivity index (χ0n) is 14.3. The van der Waals surface area contributed by atoms with E-state index in [1.165, 1.54) is 6.07 Å². The van der Waals surface area contributed by atoms with E-state index >= 15 is 0 Å². The molecule has 2 unspecified atom stereocenters. The topological polar surface area (TPSA) is 28.6 Å². The lowest BCUT2D eigenvalue weighted by molar-refractivity contribution is 0.0134. The van der Waals surface area contributed by atoms with Crippen molar-refractivity contribution in [3.05, 3.63) is 35.8 Å². The third-order valence-electron chi connectivity index (χ3n) is 5.31. The molecular weight excluding hydrogens is 305 g/mol. The predicted molar refractivity (Wildman–Crippen MR) is 94.0 cm³/mol. The summed E-state index contributed by atoms with van der Waals surface area (Å²) in [5.41, 5.74) is 2.96. The second kappa shape index (κ2) is 6.30. The number of hydrogen-bond donors (Lipinski definition) is 0. The standard InChI is InChI=1S/C19H24FN3O/c1-13-11-23(12-19(13)22-5-7-24-8-6-22)18-9-14(2)21-17-4-3-15(20)10-16(17)18/h3-4,9-10,13,19H,5-8,11-12H2,1-2H3. The number of aromatic nitrogens is 1. The van der Waals surface area contributed by atoms with E-state index in [0.717, 1.165) is 61.7 Å². The van der Waals surface area contributed by atoms with Gasteiger partial charge in [0, 0.05) is 49.0 Å². The molecule has 1 aromatic heterocycles. The first-order valence-electron chi connectivity index (χ1n) is 8.75. The lowest BCUT2D eigenvalue weighted by atomic mass is 10.0. The van der Waals surface area contributed by atoms with Gasteiger partial charge in [0.25, 0.3) is 0 Å². The van der Waals surface area contributed by atoms with Crippen LogP contribution in [0, 0.1) is 18.7 Å². The number of aryl methyl sites for hydroxylation is 1. The van der Waals surface area contributed by atoms with Gasteiger partial charge in [0.15, 0.2) is 0 Å². The van der Waals surface area contributed by atoms with Crippen LogP contribution in [0.3, 0.4) is 0 Å². The van der Waals surface area contributed by atoms with Crippen LogP contribution in [0.4, 0.5) is 10.1 Å². The van der Waals surface area contributed by atoms with E-state index in [1.54, 1.807) is 12.1 Å². The molecule has 0 aliphatic carbocycles. The van der Waals surface area contributed by atoms with Crippen LogP contribution in [0.25, 0.3) is 10.9 Å². The molecule has 1 aromatic carbocycles. The Morgan fingerprint density at radius 2 is 1.96 bits per heavy atom. The lowest BCUT2D eigenvalue weighted by Gasteiger charge is -2.34. The molecule has 0 spiro atoms. The number of rotatable bonds is 2. The number of pyridine rings is 1. The first-order valence-corrected chi connectivity index (χ1v) is 8.75. The summed E-state index contributed by atoms with van der Waals surface area (Å²) in [6.45, 7) is 9.97. The molecule has 2 saturated heterocycles. The van der Waals surface area contributed by atoms with Crippen LogP contribution in [-0.2, 0) is 4.74 Å². The zero-order valence-corrected chi connectivity index (χ0v) is 14.3. The molecule has 2 fully saturated rings. The monoisotopic (exact) mass is 329 g/mol. The maximum atomic E-state index is 13.8. The molecule has 128 valence electrons. The van der Waals surface area contributed by atoms with Gasteiger partial charge in [-0.1, -0.05) is 6.92 Å². The Hall–Kier alpha value is -1.72. The van der Waals surface area contributed by atoms with Crippen molar-refractivity contribution in [1.82, 2.24) is 9.88 Å². The Labute approximate surface area is 142 Å². The fourth-order valence-corrected chi connectivity index (χ4v) is 4.10. The molecule has 2 aromatic rings. The van der Waals surface area contributed by atoms with Crippen LogP contribution < -0.4 is 4.90 Å². The Morgan fingerprint density at radius 1 is 1.17 bits per heavy atom. The minimum atomic E-state index is -0.202. The summed E-state index contributed by atoms with van der Waals surface area (Å²) in [6.07, 6.45) is 0. The van der Waals surface area contributed by atoms with Gasteiger partial charge in [0.1, 0.15) is 5.82 Å². The first kappa shape index (κ1) is 15.8. The largest absolute Gasteiger partial charge is 0.379 e. The second-order valence-electron chi connectivity index (χ2n) is 7.04. The van der Waals surface area contributed by atoms with E-state index in [4.69, 9.17) is 4.74 Å². The van der Waals surface area contributed by atoms with Crippen molar-refractivity contribution in [2.45, 2.75) is 19.9 Å². The predicted octanol–water partition coefficient (Wildman–Crippen LogP) is 2.84. The van der Waals surface area contributed by atoms with Gasteiger partial charge in [0.2, 0.25) is 0 Å². The molecular formula is C19H24FN3O. The maximum Gasteiger partial charge on any atom is 0.124 e. The number of halogens is 1. The van der Waals surface area contributed by atoms with Crippen LogP contribution in [0.5, 0.6) is 0 Å². The molecule has 3 heterocycles. The summed E-state index contributed by atoms with van der Waals surface area (Å²) in [4.78, 5) is 9.51. The van der Waals surface area contributed by atoms with Crippen LogP contribution in [0.15, 0.2) is 24.3 Å². The highest BCUT2D eigenvalue weighted by atomic mass is 19.1. The zero-order chi connectivity index (χ0) is 16.7. The average molecular weight is 329 g/mol. The number of morpholine rings is 1. The molecule has 0 saturated carbocycles. The molecule has 5 heteroatoms. The molecule has 2 aliphatic rings. The summed E-state index contributed by atoms with van der Waals surface area (Å²) >= 11 is 0. The van der Waals surface area contributed by atoms with E-state index in [1.807, 2.05) is 6.92 Å². The molecule has 2 atom stereocenters. The molecule has 0 N–H and O–H groups in total. The van der Waals surface area contributed by atoms with Crippen LogP contribution in [0.2, 0.25) is 0 Å². The molecule has 0 bridgehead atoms. The van der Waals surface area contributed by atoms with Crippen molar-refractivity contribution in [2.75, 3.05) is 44.3 Å². The number of fused-ring (bicyclic) bond motifs is 1. The third kappa shape index (κ3) is 2.87. The molecule has 24 heavy (non-hydrogen) atoms. The average Bonchev–Trinajstić information content (AvgIpc) is 2.97. The Balaban J connectivity index is 1.66. The van der Waals surface area contributed by atoms with Gasteiger partial charge >= 0.3 is 0 Å². The summed E-state index contributed by atoms with van der Waals surface area (Å²) in [5, 5.41) is 0.912. The summed E-state index contributed by atoms with van der Waals surface area (Å²) < 4.78 is 19.3. The normalized spacial score (nSPS) is 25.5. The Morgan fingerprint density at radius 3 is 2.75 bits per heavy atom. The number of hydrogen-bond acceptors (Lipinski definition) is 4. The van der Waals surface area contributed by atoms with Gasteiger partial charge < -0.3 is 9.64 Å². The van der Waals surface area contributed by atoms with Crippen LogP contribution >= 0.6 is 0 Å². The fourth-order valence-electron chi connectivity index (χ4n) is 4.10.